The van der Waals surface area contributed by atoms with Crippen molar-refractivity contribution in [2.45, 2.75) is 13.3 Å². The lowest BCUT2D eigenvalue weighted by Crippen LogP contribution is -2.12. The lowest BCUT2D eigenvalue weighted by Gasteiger charge is -2.09. The molecule has 0 unspecified atom stereocenters. The molecule has 0 aliphatic heterocycles. The van der Waals surface area contributed by atoms with Crippen LogP contribution in [0.1, 0.15) is 13.3 Å². The minimum Gasteiger partial charge on any atom is -0.383 e. The molecule has 5 nitrogen and oxygen atoms in total. The molecule has 0 atom stereocenters. The van der Waals surface area contributed by atoms with Crippen molar-refractivity contribution in [2.75, 3.05) is 50.7 Å². The number of ether oxygens (including phenoxy) is 2. The van der Waals surface area contributed by atoms with E-state index in [1.54, 1.807) is 13.3 Å². The quantitative estimate of drug-likeness (QED) is 0.624. The van der Waals surface area contributed by atoms with E-state index >= 15 is 0 Å². The van der Waals surface area contributed by atoms with Crippen LogP contribution in [0.2, 0.25) is 0 Å². The summed E-state index contributed by atoms with van der Waals surface area (Å²) in [6.07, 6.45) is 2.89. The highest BCUT2D eigenvalue weighted by Gasteiger charge is 1.96. The van der Waals surface area contributed by atoms with Crippen LogP contribution in [0.25, 0.3) is 0 Å². The zero-order valence-corrected chi connectivity index (χ0v) is 11.2. The van der Waals surface area contributed by atoms with Crippen molar-refractivity contribution in [1.82, 2.24) is 4.98 Å². The first kappa shape index (κ1) is 14.7. The molecule has 18 heavy (non-hydrogen) atoms. The van der Waals surface area contributed by atoms with Crippen molar-refractivity contribution in [3.05, 3.63) is 18.3 Å². The highest BCUT2D eigenvalue weighted by atomic mass is 16.5. The van der Waals surface area contributed by atoms with Crippen LogP contribution < -0.4 is 10.6 Å². The normalized spacial score (nSPS) is 10.3. The van der Waals surface area contributed by atoms with Crippen LogP contribution >= 0.6 is 0 Å². The Morgan fingerprint density at radius 3 is 2.83 bits per heavy atom. The van der Waals surface area contributed by atoms with Crippen molar-refractivity contribution < 1.29 is 9.47 Å². The largest absolute Gasteiger partial charge is 0.383 e. The van der Waals surface area contributed by atoms with Gasteiger partial charge in [0.15, 0.2) is 0 Å². The van der Waals surface area contributed by atoms with E-state index in [2.05, 4.69) is 22.5 Å². The zero-order chi connectivity index (χ0) is 13.1. The first-order valence-electron chi connectivity index (χ1n) is 6.37. The fourth-order valence-electron chi connectivity index (χ4n) is 1.40. The van der Waals surface area contributed by atoms with E-state index in [0.717, 1.165) is 31.0 Å². The van der Waals surface area contributed by atoms with Crippen LogP contribution in [-0.4, -0.2) is 45.0 Å². The van der Waals surface area contributed by atoms with E-state index in [1.165, 1.54) is 0 Å². The maximum Gasteiger partial charge on any atom is 0.127 e. The Kier molecular flexibility index (Phi) is 7.92. The molecular weight excluding hydrogens is 230 g/mol. The molecule has 0 aliphatic rings. The number of rotatable bonds is 10. The Labute approximate surface area is 109 Å². The lowest BCUT2D eigenvalue weighted by molar-refractivity contribution is 0.0759. The topological polar surface area (TPSA) is 55.4 Å². The molecule has 5 heteroatoms. The van der Waals surface area contributed by atoms with Gasteiger partial charge in [0, 0.05) is 38.1 Å². The summed E-state index contributed by atoms with van der Waals surface area (Å²) >= 11 is 0. The van der Waals surface area contributed by atoms with E-state index in [0.29, 0.717) is 19.8 Å². The molecule has 0 radical (unpaired) electrons. The molecule has 0 aliphatic carbocycles. The third-order valence-corrected chi connectivity index (χ3v) is 2.32. The van der Waals surface area contributed by atoms with E-state index in [4.69, 9.17) is 9.47 Å². The highest BCUT2D eigenvalue weighted by molar-refractivity contribution is 5.51. The highest BCUT2D eigenvalue weighted by Crippen LogP contribution is 2.11. The Balaban J connectivity index is 2.20. The predicted molar refractivity (Wildman–Crippen MR) is 74.2 cm³/mol. The molecule has 0 fully saturated rings. The lowest BCUT2D eigenvalue weighted by atomic mass is 10.3. The number of hydrogen-bond donors (Lipinski definition) is 2. The summed E-state index contributed by atoms with van der Waals surface area (Å²) in [7, 11) is 1.67. The number of nitrogens with zero attached hydrogens (tertiary/aromatic N) is 1. The van der Waals surface area contributed by atoms with E-state index in [-0.39, 0.29) is 0 Å². The predicted octanol–water partition coefficient (Wildman–Crippen LogP) is 1.98. The summed E-state index contributed by atoms with van der Waals surface area (Å²) < 4.78 is 10.3. The van der Waals surface area contributed by atoms with Gasteiger partial charge in [-0.3, -0.25) is 0 Å². The second-order valence-electron chi connectivity index (χ2n) is 3.89. The Morgan fingerprint density at radius 2 is 2.06 bits per heavy atom. The minimum atomic E-state index is 0.637. The maximum absolute atomic E-state index is 5.37. The van der Waals surface area contributed by atoms with Crippen LogP contribution in [0.4, 0.5) is 11.5 Å². The molecule has 0 saturated carbocycles. The summed E-state index contributed by atoms with van der Waals surface area (Å²) in [5, 5.41) is 6.55. The van der Waals surface area contributed by atoms with Crippen LogP contribution in [-0.2, 0) is 9.47 Å². The number of hydrogen-bond acceptors (Lipinski definition) is 5. The molecule has 0 aromatic carbocycles. The molecule has 1 aromatic heterocycles. The van der Waals surface area contributed by atoms with Gasteiger partial charge >= 0.3 is 0 Å². The number of aromatic nitrogens is 1. The van der Waals surface area contributed by atoms with Gasteiger partial charge in [-0.25, -0.2) is 4.98 Å². The zero-order valence-electron chi connectivity index (χ0n) is 11.2. The number of anilines is 2. The van der Waals surface area contributed by atoms with Crippen LogP contribution in [0, 0.1) is 0 Å². The van der Waals surface area contributed by atoms with Crippen LogP contribution in [0.3, 0.4) is 0 Å². The van der Waals surface area contributed by atoms with E-state index < -0.39 is 0 Å². The summed E-state index contributed by atoms with van der Waals surface area (Å²) in [4.78, 5) is 4.25. The van der Waals surface area contributed by atoms with E-state index in [1.807, 2.05) is 12.1 Å². The number of methoxy groups -OCH3 is 1. The molecule has 0 amide bonds. The van der Waals surface area contributed by atoms with Gasteiger partial charge < -0.3 is 20.1 Å². The third kappa shape index (κ3) is 6.42. The number of pyridine rings is 1. The minimum absolute atomic E-state index is 0.637. The van der Waals surface area contributed by atoms with Gasteiger partial charge in [0.2, 0.25) is 0 Å². The van der Waals surface area contributed by atoms with Crippen LogP contribution in [0.15, 0.2) is 18.3 Å². The average molecular weight is 253 g/mol. The van der Waals surface area contributed by atoms with Gasteiger partial charge in [-0.2, -0.15) is 0 Å². The Bertz CT molecular complexity index is 321. The van der Waals surface area contributed by atoms with Crippen molar-refractivity contribution >= 4 is 11.5 Å². The van der Waals surface area contributed by atoms with Gasteiger partial charge in [-0.1, -0.05) is 6.92 Å². The maximum atomic E-state index is 5.37. The standard InChI is InChI=1S/C13H23N3O2/c1-3-5-15-13-11-12(4-6-16-13)14-7-8-18-10-9-17-2/h4,6,11H,3,5,7-10H2,1-2H3,(H2,14,15,16). The smallest absolute Gasteiger partial charge is 0.127 e. The molecule has 1 aromatic rings. The summed E-state index contributed by atoms with van der Waals surface area (Å²) in [6, 6.07) is 3.96. The Morgan fingerprint density at radius 1 is 1.17 bits per heavy atom. The summed E-state index contributed by atoms with van der Waals surface area (Å²) in [5.74, 6) is 0.905. The third-order valence-electron chi connectivity index (χ3n) is 2.32. The molecule has 1 rings (SSSR count). The fraction of sp³-hybridized carbons (Fsp3) is 0.615. The molecular formula is C13H23N3O2. The number of nitrogens with one attached hydrogen (secondary N) is 2. The van der Waals surface area contributed by atoms with Gasteiger partial charge in [-0.15, -0.1) is 0 Å². The first-order chi connectivity index (χ1) is 8.86. The molecule has 0 bridgehead atoms. The molecule has 102 valence electrons. The van der Waals surface area contributed by atoms with Gasteiger partial charge in [-0.05, 0) is 12.5 Å². The average Bonchev–Trinajstić information content (AvgIpc) is 2.41. The second kappa shape index (κ2) is 9.67. The summed E-state index contributed by atoms with van der Waals surface area (Å²) in [5.41, 5.74) is 1.05. The van der Waals surface area contributed by atoms with Crippen molar-refractivity contribution in [3.8, 4) is 0 Å². The van der Waals surface area contributed by atoms with E-state index in [9.17, 15) is 0 Å². The summed E-state index contributed by atoms with van der Waals surface area (Å²) in [6.45, 7) is 5.80. The molecule has 0 spiro atoms. The monoisotopic (exact) mass is 253 g/mol. The SMILES string of the molecule is CCCNc1cc(NCCOCCOC)ccn1. The van der Waals surface area contributed by atoms with Crippen molar-refractivity contribution in [1.29, 1.82) is 0 Å². The van der Waals surface area contributed by atoms with Crippen molar-refractivity contribution in [3.63, 3.8) is 0 Å². The second-order valence-corrected chi connectivity index (χ2v) is 3.89. The van der Waals surface area contributed by atoms with Crippen molar-refractivity contribution in [2.24, 2.45) is 0 Å². The first-order valence-corrected chi connectivity index (χ1v) is 6.37. The van der Waals surface area contributed by atoms with Gasteiger partial charge in [0.05, 0.1) is 19.8 Å². The molecule has 1 heterocycles. The Hall–Kier alpha value is -1.33. The van der Waals surface area contributed by atoms with Crippen LogP contribution in [0.5, 0.6) is 0 Å². The molecule has 2 N–H and O–H groups in total. The molecule has 0 saturated heterocycles. The van der Waals surface area contributed by atoms with Gasteiger partial charge in [0.25, 0.3) is 0 Å². The fourth-order valence-corrected chi connectivity index (χ4v) is 1.40. The van der Waals surface area contributed by atoms with Gasteiger partial charge in [0.1, 0.15) is 5.82 Å².